The largest absolute Gasteiger partial charge is 0.330 e. The van der Waals surface area contributed by atoms with Crippen LogP contribution in [0.2, 0.25) is 15.1 Å². The SMILES string of the molecule is C[C@H]([NH2+][C@@H](C)c1ccccc1)C(=O)Nc1cc(Cl)c(Cl)cc1Cl. The quantitative estimate of drug-likeness (QED) is 0.755. The number of amides is 1. The number of quaternary nitrogens is 1. The Labute approximate surface area is 150 Å². The summed E-state index contributed by atoms with van der Waals surface area (Å²) in [6.45, 7) is 3.91. The van der Waals surface area contributed by atoms with Crippen LogP contribution in [0.25, 0.3) is 0 Å². The predicted molar refractivity (Wildman–Crippen MR) is 96.3 cm³/mol. The van der Waals surface area contributed by atoms with E-state index in [-0.39, 0.29) is 18.0 Å². The summed E-state index contributed by atoms with van der Waals surface area (Å²) in [5.74, 6) is -0.145. The molecule has 0 aliphatic heterocycles. The van der Waals surface area contributed by atoms with E-state index in [0.29, 0.717) is 20.8 Å². The van der Waals surface area contributed by atoms with Gasteiger partial charge in [0.2, 0.25) is 0 Å². The minimum Gasteiger partial charge on any atom is -0.330 e. The van der Waals surface area contributed by atoms with E-state index in [9.17, 15) is 4.79 Å². The van der Waals surface area contributed by atoms with E-state index in [1.165, 1.54) is 11.6 Å². The number of halogens is 3. The van der Waals surface area contributed by atoms with Gasteiger partial charge >= 0.3 is 0 Å². The number of nitrogens with two attached hydrogens (primary N) is 1. The third kappa shape index (κ3) is 4.85. The van der Waals surface area contributed by atoms with Gasteiger partial charge in [-0.15, -0.1) is 0 Å². The van der Waals surface area contributed by atoms with Gasteiger partial charge in [-0.3, -0.25) is 4.79 Å². The highest BCUT2D eigenvalue weighted by Crippen LogP contribution is 2.32. The molecule has 6 heteroatoms. The number of benzene rings is 2. The number of anilines is 1. The van der Waals surface area contributed by atoms with Crippen LogP contribution in [-0.4, -0.2) is 11.9 Å². The first-order valence-electron chi connectivity index (χ1n) is 7.24. The molecule has 0 aromatic heterocycles. The number of hydrogen-bond donors (Lipinski definition) is 2. The zero-order chi connectivity index (χ0) is 17.0. The smallest absolute Gasteiger partial charge is 0.282 e. The molecule has 3 nitrogen and oxygen atoms in total. The molecule has 2 rings (SSSR count). The normalized spacial score (nSPS) is 13.4. The molecule has 0 aliphatic carbocycles. The summed E-state index contributed by atoms with van der Waals surface area (Å²) in [4.78, 5) is 12.4. The summed E-state index contributed by atoms with van der Waals surface area (Å²) in [7, 11) is 0. The van der Waals surface area contributed by atoms with Crippen LogP contribution >= 0.6 is 34.8 Å². The molecule has 0 fully saturated rings. The van der Waals surface area contributed by atoms with Crippen molar-refractivity contribution < 1.29 is 10.1 Å². The second-order valence-electron chi connectivity index (χ2n) is 5.42. The van der Waals surface area contributed by atoms with Crippen LogP contribution in [0.5, 0.6) is 0 Å². The van der Waals surface area contributed by atoms with Gasteiger partial charge in [-0.05, 0) is 26.0 Å². The van der Waals surface area contributed by atoms with Crippen LogP contribution in [0.3, 0.4) is 0 Å². The van der Waals surface area contributed by atoms with Crippen LogP contribution in [0.1, 0.15) is 25.5 Å². The first-order valence-corrected chi connectivity index (χ1v) is 8.37. The fraction of sp³-hybridized carbons (Fsp3) is 0.235. The molecule has 0 radical (unpaired) electrons. The predicted octanol–water partition coefficient (Wildman–Crippen LogP) is 4.30. The molecule has 122 valence electrons. The van der Waals surface area contributed by atoms with Crippen molar-refractivity contribution in [1.29, 1.82) is 0 Å². The highest BCUT2D eigenvalue weighted by Gasteiger charge is 2.21. The molecule has 3 N–H and O–H groups in total. The molecule has 23 heavy (non-hydrogen) atoms. The van der Waals surface area contributed by atoms with Gasteiger partial charge in [-0.1, -0.05) is 65.1 Å². The lowest BCUT2D eigenvalue weighted by Crippen LogP contribution is -2.91. The van der Waals surface area contributed by atoms with Gasteiger partial charge in [0, 0.05) is 5.56 Å². The van der Waals surface area contributed by atoms with Gasteiger partial charge < -0.3 is 10.6 Å². The average Bonchev–Trinajstić information content (AvgIpc) is 2.53. The molecule has 0 saturated carbocycles. The zero-order valence-corrected chi connectivity index (χ0v) is 15.1. The Morgan fingerprint density at radius 1 is 1.00 bits per heavy atom. The lowest BCUT2D eigenvalue weighted by molar-refractivity contribution is -0.709. The minimum absolute atomic E-state index is 0.145. The summed E-state index contributed by atoms with van der Waals surface area (Å²) < 4.78 is 0. The van der Waals surface area contributed by atoms with Crippen molar-refractivity contribution in [1.82, 2.24) is 0 Å². The molecule has 2 aromatic rings. The zero-order valence-electron chi connectivity index (χ0n) is 12.8. The highest BCUT2D eigenvalue weighted by molar-refractivity contribution is 6.44. The second kappa shape index (κ2) is 8.02. The van der Waals surface area contributed by atoms with Crippen LogP contribution in [0.4, 0.5) is 5.69 Å². The maximum atomic E-state index is 12.4. The van der Waals surface area contributed by atoms with Crippen molar-refractivity contribution in [3.8, 4) is 0 Å². The van der Waals surface area contributed by atoms with Crippen LogP contribution in [0.15, 0.2) is 42.5 Å². The maximum Gasteiger partial charge on any atom is 0.282 e. The molecule has 0 aliphatic rings. The monoisotopic (exact) mass is 371 g/mol. The molecule has 0 unspecified atom stereocenters. The Morgan fingerprint density at radius 2 is 1.61 bits per heavy atom. The lowest BCUT2D eigenvalue weighted by atomic mass is 10.1. The van der Waals surface area contributed by atoms with Crippen molar-refractivity contribution in [2.24, 2.45) is 0 Å². The number of carbonyl (C=O) groups excluding carboxylic acids is 1. The van der Waals surface area contributed by atoms with Crippen molar-refractivity contribution in [2.45, 2.75) is 25.9 Å². The van der Waals surface area contributed by atoms with E-state index in [1.54, 1.807) is 6.07 Å². The van der Waals surface area contributed by atoms with Gasteiger partial charge in [0.15, 0.2) is 6.04 Å². The van der Waals surface area contributed by atoms with E-state index < -0.39 is 0 Å². The van der Waals surface area contributed by atoms with E-state index in [2.05, 4.69) is 12.2 Å². The second-order valence-corrected chi connectivity index (χ2v) is 6.64. The Hall–Kier alpha value is -1.26. The lowest BCUT2D eigenvalue weighted by Gasteiger charge is -2.17. The molecule has 1 amide bonds. The fourth-order valence-electron chi connectivity index (χ4n) is 2.25. The number of hydrogen-bond acceptors (Lipinski definition) is 1. The van der Waals surface area contributed by atoms with Gasteiger partial charge in [0.05, 0.1) is 20.8 Å². The topological polar surface area (TPSA) is 45.7 Å². The van der Waals surface area contributed by atoms with Crippen LogP contribution < -0.4 is 10.6 Å². The van der Waals surface area contributed by atoms with Gasteiger partial charge in [-0.25, -0.2) is 0 Å². The van der Waals surface area contributed by atoms with Crippen molar-refractivity contribution >= 4 is 46.4 Å². The molecule has 0 heterocycles. The minimum atomic E-state index is -0.282. The summed E-state index contributed by atoms with van der Waals surface area (Å²) in [6, 6.07) is 13.0. The van der Waals surface area contributed by atoms with Crippen molar-refractivity contribution in [3.63, 3.8) is 0 Å². The average molecular weight is 373 g/mol. The molecule has 2 aromatic carbocycles. The number of rotatable bonds is 5. The van der Waals surface area contributed by atoms with E-state index in [0.717, 1.165) is 0 Å². The van der Waals surface area contributed by atoms with Gasteiger partial charge in [0.1, 0.15) is 6.04 Å². The maximum absolute atomic E-state index is 12.4. The Kier molecular flexibility index (Phi) is 6.31. The van der Waals surface area contributed by atoms with E-state index >= 15 is 0 Å². The number of nitrogens with one attached hydrogen (secondary N) is 1. The van der Waals surface area contributed by atoms with Gasteiger partial charge in [0.25, 0.3) is 5.91 Å². The molecular weight excluding hydrogens is 355 g/mol. The fourth-order valence-corrected chi connectivity index (χ4v) is 2.85. The molecule has 0 spiro atoms. The first-order chi connectivity index (χ1) is 10.9. The van der Waals surface area contributed by atoms with Gasteiger partial charge in [-0.2, -0.15) is 0 Å². The highest BCUT2D eigenvalue weighted by atomic mass is 35.5. The van der Waals surface area contributed by atoms with Crippen LogP contribution in [0, 0.1) is 0 Å². The summed E-state index contributed by atoms with van der Waals surface area (Å²) in [5.41, 5.74) is 1.62. The summed E-state index contributed by atoms with van der Waals surface area (Å²) >= 11 is 17.9. The Balaban J connectivity index is 2.02. The van der Waals surface area contributed by atoms with Crippen molar-refractivity contribution in [3.05, 3.63) is 63.1 Å². The Bertz CT molecular complexity index is 692. The number of carbonyl (C=O) groups is 1. The molecule has 0 bridgehead atoms. The van der Waals surface area contributed by atoms with E-state index in [4.69, 9.17) is 34.8 Å². The van der Waals surface area contributed by atoms with Crippen molar-refractivity contribution in [2.75, 3.05) is 5.32 Å². The standard InChI is InChI=1S/C17H17Cl3N2O/c1-10(12-6-4-3-5-7-12)21-11(2)17(23)22-16-9-14(19)13(18)8-15(16)20/h3-11,21H,1-2H3,(H,22,23)/p+1/t10-,11-/m0/s1. The molecular formula is C17H18Cl3N2O+. The van der Waals surface area contributed by atoms with Crippen LogP contribution in [-0.2, 0) is 4.79 Å². The first kappa shape index (κ1) is 18.1. The molecule has 0 saturated heterocycles. The molecule has 2 atom stereocenters. The van der Waals surface area contributed by atoms with E-state index in [1.807, 2.05) is 42.6 Å². The third-order valence-corrected chi connectivity index (χ3v) is 4.62. The summed E-state index contributed by atoms with van der Waals surface area (Å²) in [5, 5.41) is 5.84. The summed E-state index contributed by atoms with van der Waals surface area (Å²) in [6.07, 6.45) is 0. The Morgan fingerprint density at radius 3 is 2.26 bits per heavy atom. The third-order valence-electron chi connectivity index (χ3n) is 3.58.